The maximum absolute atomic E-state index is 12.6. The van der Waals surface area contributed by atoms with Gasteiger partial charge in [-0.1, -0.05) is 33.8 Å². The molecule has 3 rings (SSSR count). The smallest absolute Gasteiger partial charge is 0.275 e. The molecule has 6 heteroatoms. The van der Waals surface area contributed by atoms with E-state index in [-0.39, 0.29) is 29.5 Å². The van der Waals surface area contributed by atoms with Crippen molar-refractivity contribution in [1.29, 1.82) is 0 Å². The first-order chi connectivity index (χ1) is 13.1. The molecule has 1 aromatic carbocycles. The molecule has 2 aromatic rings. The summed E-state index contributed by atoms with van der Waals surface area (Å²) in [4.78, 5) is 24.1. The summed E-state index contributed by atoms with van der Waals surface area (Å²) in [5.74, 6) is 0.321. The first-order valence-electron chi connectivity index (χ1n) is 10.0. The SMILES string of the molecule is CC1(O)CCC1.CNC(=O)Cn1nc(C(C)C)c2cc(C(C)C)ccc2c1=O. The highest BCUT2D eigenvalue weighted by atomic mass is 16.3. The molecule has 0 radical (unpaired) electrons. The Labute approximate surface area is 167 Å². The first-order valence-corrected chi connectivity index (χ1v) is 10.0. The largest absolute Gasteiger partial charge is 0.390 e. The van der Waals surface area contributed by atoms with Crippen molar-refractivity contribution in [3.63, 3.8) is 0 Å². The molecule has 0 unspecified atom stereocenters. The summed E-state index contributed by atoms with van der Waals surface area (Å²) in [6.07, 6.45) is 3.23. The number of nitrogens with one attached hydrogen (secondary N) is 1. The zero-order chi connectivity index (χ0) is 21.1. The van der Waals surface area contributed by atoms with Crippen molar-refractivity contribution in [1.82, 2.24) is 15.1 Å². The monoisotopic (exact) mass is 387 g/mol. The molecule has 0 aliphatic heterocycles. The Kier molecular flexibility index (Phi) is 6.99. The number of rotatable bonds is 4. The van der Waals surface area contributed by atoms with Gasteiger partial charge in [-0.15, -0.1) is 0 Å². The quantitative estimate of drug-likeness (QED) is 0.843. The summed E-state index contributed by atoms with van der Waals surface area (Å²) < 4.78 is 1.26. The molecule has 1 aliphatic rings. The third kappa shape index (κ3) is 5.19. The van der Waals surface area contributed by atoms with E-state index in [4.69, 9.17) is 5.11 Å². The number of hydrogen-bond donors (Lipinski definition) is 2. The molecular weight excluding hydrogens is 354 g/mol. The van der Waals surface area contributed by atoms with E-state index in [9.17, 15) is 9.59 Å². The Balaban J connectivity index is 0.000000397. The summed E-state index contributed by atoms with van der Waals surface area (Å²) in [6.45, 7) is 10.2. The van der Waals surface area contributed by atoms with E-state index in [0.717, 1.165) is 23.9 Å². The number of carbonyl (C=O) groups is 1. The molecule has 0 atom stereocenters. The summed E-state index contributed by atoms with van der Waals surface area (Å²) in [6, 6.07) is 5.87. The fourth-order valence-corrected chi connectivity index (χ4v) is 3.12. The number of benzene rings is 1. The Hall–Kier alpha value is -2.21. The van der Waals surface area contributed by atoms with Crippen LogP contribution in [0.2, 0.25) is 0 Å². The van der Waals surface area contributed by atoms with Crippen LogP contribution in [0.3, 0.4) is 0 Å². The van der Waals surface area contributed by atoms with Gasteiger partial charge in [0, 0.05) is 12.4 Å². The van der Waals surface area contributed by atoms with Crippen LogP contribution < -0.4 is 10.9 Å². The highest BCUT2D eigenvalue weighted by Crippen LogP contribution is 2.30. The van der Waals surface area contributed by atoms with E-state index in [1.54, 1.807) is 7.05 Å². The van der Waals surface area contributed by atoms with Crippen LogP contribution in [0.25, 0.3) is 10.8 Å². The Morgan fingerprint density at radius 2 is 1.82 bits per heavy atom. The number of carbonyl (C=O) groups excluding carboxylic acids is 1. The Morgan fingerprint density at radius 1 is 1.21 bits per heavy atom. The second-order valence-corrected chi connectivity index (χ2v) is 8.49. The highest BCUT2D eigenvalue weighted by molar-refractivity contribution is 5.85. The number of hydrogen-bond acceptors (Lipinski definition) is 4. The van der Waals surface area contributed by atoms with Gasteiger partial charge in [0.15, 0.2) is 0 Å². The topological polar surface area (TPSA) is 84.2 Å². The number of likely N-dealkylation sites (N-methyl/N-ethyl adjacent to an activating group) is 1. The number of amides is 1. The first kappa shape index (κ1) is 22.1. The lowest BCUT2D eigenvalue weighted by molar-refractivity contribution is -0.121. The molecule has 1 saturated carbocycles. The van der Waals surface area contributed by atoms with Gasteiger partial charge in [-0.05, 0) is 55.7 Å². The second kappa shape index (κ2) is 8.86. The van der Waals surface area contributed by atoms with Crippen molar-refractivity contribution in [2.75, 3.05) is 7.05 Å². The summed E-state index contributed by atoms with van der Waals surface area (Å²) >= 11 is 0. The molecule has 1 heterocycles. The molecule has 0 bridgehead atoms. The minimum absolute atomic E-state index is 0.0586. The molecule has 0 spiro atoms. The van der Waals surface area contributed by atoms with E-state index in [1.165, 1.54) is 16.7 Å². The fraction of sp³-hybridized carbons (Fsp3) is 0.591. The normalized spacial score (nSPS) is 15.2. The lowest BCUT2D eigenvalue weighted by Gasteiger charge is -2.31. The zero-order valence-electron chi connectivity index (χ0n) is 17.9. The summed E-state index contributed by atoms with van der Waals surface area (Å²) in [5, 5.41) is 17.4. The van der Waals surface area contributed by atoms with Crippen LogP contribution in [0.5, 0.6) is 0 Å². The van der Waals surface area contributed by atoms with Gasteiger partial charge < -0.3 is 10.4 Å². The van der Waals surface area contributed by atoms with Gasteiger partial charge >= 0.3 is 0 Å². The van der Waals surface area contributed by atoms with Crippen LogP contribution in [0.15, 0.2) is 23.0 Å². The average molecular weight is 388 g/mol. The van der Waals surface area contributed by atoms with Gasteiger partial charge in [0.1, 0.15) is 6.54 Å². The van der Waals surface area contributed by atoms with Gasteiger partial charge in [0.2, 0.25) is 5.91 Å². The molecule has 28 heavy (non-hydrogen) atoms. The minimum atomic E-state index is -0.278. The predicted octanol–water partition coefficient (Wildman–Crippen LogP) is 3.31. The van der Waals surface area contributed by atoms with E-state index in [2.05, 4.69) is 24.3 Å². The lowest BCUT2D eigenvalue weighted by atomic mass is 9.82. The summed E-state index contributed by atoms with van der Waals surface area (Å²) in [5.41, 5.74) is 1.53. The number of fused-ring (bicyclic) bond motifs is 1. The van der Waals surface area contributed by atoms with Crippen molar-refractivity contribution in [3.8, 4) is 0 Å². The van der Waals surface area contributed by atoms with E-state index >= 15 is 0 Å². The average Bonchev–Trinajstić information content (AvgIpc) is 2.62. The second-order valence-electron chi connectivity index (χ2n) is 8.49. The van der Waals surface area contributed by atoms with Crippen molar-refractivity contribution in [2.24, 2.45) is 0 Å². The molecule has 2 N–H and O–H groups in total. The number of aromatic nitrogens is 2. The number of aliphatic hydroxyl groups is 1. The molecule has 6 nitrogen and oxygen atoms in total. The molecule has 1 fully saturated rings. The van der Waals surface area contributed by atoms with Crippen molar-refractivity contribution < 1.29 is 9.90 Å². The van der Waals surface area contributed by atoms with Gasteiger partial charge in [0.25, 0.3) is 5.56 Å². The van der Waals surface area contributed by atoms with Crippen LogP contribution in [0.4, 0.5) is 0 Å². The van der Waals surface area contributed by atoms with Gasteiger partial charge in [-0.3, -0.25) is 9.59 Å². The third-order valence-corrected chi connectivity index (χ3v) is 5.23. The van der Waals surface area contributed by atoms with Gasteiger partial charge in [-0.25, -0.2) is 4.68 Å². The van der Waals surface area contributed by atoms with Crippen LogP contribution in [0, 0.1) is 0 Å². The fourth-order valence-electron chi connectivity index (χ4n) is 3.12. The van der Waals surface area contributed by atoms with E-state index in [1.807, 2.05) is 39.0 Å². The van der Waals surface area contributed by atoms with Crippen LogP contribution in [-0.2, 0) is 11.3 Å². The number of nitrogens with zero attached hydrogens (tertiary/aromatic N) is 2. The van der Waals surface area contributed by atoms with Gasteiger partial charge in [0.05, 0.1) is 16.7 Å². The molecule has 0 saturated heterocycles. The summed E-state index contributed by atoms with van der Waals surface area (Å²) in [7, 11) is 1.55. The Morgan fingerprint density at radius 3 is 2.25 bits per heavy atom. The van der Waals surface area contributed by atoms with Crippen LogP contribution in [-0.4, -0.2) is 33.4 Å². The van der Waals surface area contributed by atoms with E-state index < -0.39 is 0 Å². The lowest BCUT2D eigenvalue weighted by Crippen LogP contribution is -2.32. The van der Waals surface area contributed by atoms with Crippen molar-refractivity contribution in [2.45, 2.75) is 77.9 Å². The standard InChI is InChI=1S/C17H23N3O2.C5H10O/c1-10(2)12-6-7-13-14(8-12)16(11(3)4)19-20(17(13)22)9-15(21)18-5;1-5(6)3-2-4-5/h6-8,10-11H,9H2,1-5H3,(H,18,21);6H,2-4H2,1H3. The van der Waals surface area contributed by atoms with Crippen molar-refractivity contribution in [3.05, 3.63) is 39.8 Å². The Bertz CT molecular complexity index is 892. The van der Waals surface area contributed by atoms with Crippen LogP contribution >= 0.6 is 0 Å². The van der Waals surface area contributed by atoms with E-state index in [0.29, 0.717) is 11.3 Å². The third-order valence-electron chi connectivity index (χ3n) is 5.23. The maximum atomic E-state index is 12.6. The van der Waals surface area contributed by atoms with Gasteiger partial charge in [-0.2, -0.15) is 5.10 Å². The highest BCUT2D eigenvalue weighted by Gasteiger charge is 2.27. The van der Waals surface area contributed by atoms with Crippen molar-refractivity contribution >= 4 is 16.7 Å². The molecule has 1 amide bonds. The maximum Gasteiger partial charge on any atom is 0.275 e. The zero-order valence-corrected chi connectivity index (χ0v) is 17.9. The molecule has 1 aromatic heterocycles. The minimum Gasteiger partial charge on any atom is -0.390 e. The molecular formula is C22H33N3O3. The van der Waals surface area contributed by atoms with Crippen LogP contribution in [0.1, 0.15) is 77.0 Å². The predicted molar refractivity (Wildman–Crippen MR) is 113 cm³/mol. The molecule has 1 aliphatic carbocycles. The molecule has 154 valence electrons.